The van der Waals surface area contributed by atoms with E-state index >= 15 is 0 Å². The molecular formula is C12H14FNO. The Kier molecular flexibility index (Phi) is 3.11. The van der Waals surface area contributed by atoms with Gasteiger partial charge in [0.05, 0.1) is 6.04 Å². The van der Waals surface area contributed by atoms with Crippen LogP contribution in [0.4, 0.5) is 4.39 Å². The zero-order valence-electron chi connectivity index (χ0n) is 8.47. The number of alkyl halides is 1. The number of benzene rings is 1. The van der Waals surface area contributed by atoms with Crippen molar-refractivity contribution in [1.29, 1.82) is 0 Å². The molecule has 1 fully saturated rings. The number of hydrogen-bond acceptors (Lipinski definition) is 2. The Labute approximate surface area is 88.7 Å². The van der Waals surface area contributed by atoms with E-state index in [1.54, 1.807) is 0 Å². The van der Waals surface area contributed by atoms with E-state index in [0.29, 0.717) is 19.5 Å². The molecule has 0 saturated carbocycles. The molecule has 0 radical (unpaired) electrons. The lowest BCUT2D eigenvalue weighted by Gasteiger charge is -2.22. The van der Waals surface area contributed by atoms with Crippen molar-refractivity contribution in [1.82, 2.24) is 4.90 Å². The van der Waals surface area contributed by atoms with E-state index in [-0.39, 0.29) is 6.04 Å². The Morgan fingerprint density at radius 2 is 2.13 bits per heavy atom. The summed E-state index contributed by atoms with van der Waals surface area (Å²) in [5.74, 6) is 0. The topological polar surface area (TPSA) is 20.3 Å². The molecule has 1 aliphatic heterocycles. The van der Waals surface area contributed by atoms with Crippen LogP contribution in [0.5, 0.6) is 0 Å². The maximum absolute atomic E-state index is 13.0. The predicted octanol–water partition coefficient (Wildman–Crippen LogP) is 1.97. The van der Waals surface area contributed by atoms with Crippen molar-refractivity contribution in [3.05, 3.63) is 35.9 Å². The summed E-state index contributed by atoms with van der Waals surface area (Å²) in [7, 11) is 0. The summed E-state index contributed by atoms with van der Waals surface area (Å²) in [5.41, 5.74) is 0.946. The van der Waals surface area contributed by atoms with Gasteiger partial charge in [-0.2, -0.15) is 0 Å². The summed E-state index contributed by atoms with van der Waals surface area (Å²) in [5, 5.41) is 0. The van der Waals surface area contributed by atoms with Gasteiger partial charge in [-0.3, -0.25) is 4.90 Å². The molecule has 0 amide bonds. The van der Waals surface area contributed by atoms with E-state index < -0.39 is 6.17 Å². The average molecular weight is 207 g/mol. The van der Waals surface area contributed by atoms with Gasteiger partial charge >= 0.3 is 0 Å². The van der Waals surface area contributed by atoms with Gasteiger partial charge in [-0.15, -0.1) is 0 Å². The molecule has 0 aromatic heterocycles. The fourth-order valence-electron chi connectivity index (χ4n) is 2.02. The molecule has 0 N–H and O–H groups in total. The molecule has 2 unspecified atom stereocenters. The van der Waals surface area contributed by atoms with Crippen molar-refractivity contribution in [2.24, 2.45) is 0 Å². The maximum atomic E-state index is 13.0. The first-order chi connectivity index (χ1) is 7.31. The molecular weight excluding hydrogens is 193 g/mol. The highest BCUT2D eigenvalue weighted by Gasteiger charge is 2.28. The second-order valence-corrected chi connectivity index (χ2v) is 3.87. The summed E-state index contributed by atoms with van der Waals surface area (Å²) in [6.45, 7) is 1.04. The molecule has 80 valence electrons. The van der Waals surface area contributed by atoms with E-state index in [2.05, 4.69) is 0 Å². The minimum absolute atomic E-state index is 0.285. The molecule has 1 saturated heterocycles. The van der Waals surface area contributed by atoms with Crippen molar-refractivity contribution >= 4 is 6.29 Å². The number of likely N-dealkylation sites (tertiary alicyclic amines) is 1. The molecule has 15 heavy (non-hydrogen) atoms. The summed E-state index contributed by atoms with van der Waals surface area (Å²) in [4.78, 5) is 12.9. The van der Waals surface area contributed by atoms with Gasteiger partial charge in [0.2, 0.25) is 0 Å². The summed E-state index contributed by atoms with van der Waals surface area (Å²) in [6, 6.07) is 9.23. The minimum atomic E-state index is -0.781. The van der Waals surface area contributed by atoms with Crippen LogP contribution in [0.1, 0.15) is 18.0 Å². The molecule has 1 heterocycles. The van der Waals surface area contributed by atoms with E-state index in [1.807, 2.05) is 35.2 Å². The summed E-state index contributed by atoms with van der Waals surface area (Å²) >= 11 is 0. The Morgan fingerprint density at radius 3 is 2.67 bits per heavy atom. The van der Waals surface area contributed by atoms with Crippen LogP contribution in [0.3, 0.4) is 0 Å². The molecule has 0 spiro atoms. The lowest BCUT2D eigenvalue weighted by Crippen LogP contribution is -2.27. The van der Waals surface area contributed by atoms with E-state index in [4.69, 9.17) is 0 Å². The van der Waals surface area contributed by atoms with Crippen molar-refractivity contribution in [3.8, 4) is 0 Å². The molecule has 1 aromatic carbocycles. The van der Waals surface area contributed by atoms with Gasteiger partial charge in [0.25, 0.3) is 0 Å². The largest absolute Gasteiger partial charge is 0.301 e. The molecule has 1 aromatic rings. The van der Waals surface area contributed by atoms with Crippen LogP contribution in [-0.4, -0.2) is 30.4 Å². The van der Waals surface area contributed by atoms with Gasteiger partial charge in [-0.1, -0.05) is 30.3 Å². The number of carbonyl (C=O) groups excluding carboxylic acids is 1. The summed E-state index contributed by atoms with van der Waals surface area (Å²) in [6.07, 6.45) is 0.654. The monoisotopic (exact) mass is 207 g/mol. The van der Waals surface area contributed by atoms with Crippen LogP contribution >= 0.6 is 0 Å². The van der Waals surface area contributed by atoms with Crippen molar-refractivity contribution in [2.45, 2.75) is 18.6 Å². The van der Waals surface area contributed by atoms with Gasteiger partial charge in [0.1, 0.15) is 12.5 Å². The fourth-order valence-corrected chi connectivity index (χ4v) is 2.02. The first-order valence-corrected chi connectivity index (χ1v) is 5.19. The first kappa shape index (κ1) is 10.3. The van der Waals surface area contributed by atoms with Crippen LogP contribution in [0, 0.1) is 0 Å². The fraction of sp³-hybridized carbons (Fsp3) is 0.417. The number of carbonyl (C=O) groups is 1. The highest BCUT2D eigenvalue weighted by atomic mass is 19.1. The SMILES string of the molecule is O=CC(c1ccccc1)N1CCC(F)C1. The normalized spacial score (nSPS) is 23.9. The van der Waals surface area contributed by atoms with Crippen molar-refractivity contribution in [2.75, 3.05) is 13.1 Å². The standard InChI is InChI=1S/C12H14FNO/c13-11-6-7-14(8-11)12(9-15)10-4-2-1-3-5-10/h1-5,9,11-12H,6-8H2. The Bertz CT molecular complexity index is 328. The van der Waals surface area contributed by atoms with Gasteiger partial charge in [0, 0.05) is 13.1 Å². The minimum Gasteiger partial charge on any atom is -0.301 e. The third kappa shape index (κ3) is 2.23. The van der Waals surface area contributed by atoms with Gasteiger partial charge in [0.15, 0.2) is 0 Å². The third-order valence-electron chi connectivity index (χ3n) is 2.83. The van der Waals surface area contributed by atoms with E-state index in [9.17, 15) is 9.18 Å². The Balaban J connectivity index is 2.14. The third-order valence-corrected chi connectivity index (χ3v) is 2.83. The van der Waals surface area contributed by atoms with Gasteiger partial charge in [-0.05, 0) is 12.0 Å². The Hall–Kier alpha value is -1.22. The van der Waals surface area contributed by atoms with Crippen LogP contribution in [0.2, 0.25) is 0 Å². The summed E-state index contributed by atoms with van der Waals surface area (Å²) < 4.78 is 13.0. The van der Waals surface area contributed by atoms with Crippen LogP contribution < -0.4 is 0 Å². The molecule has 1 aliphatic rings. The quantitative estimate of drug-likeness (QED) is 0.706. The van der Waals surface area contributed by atoms with Crippen molar-refractivity contribution in [3.63, 3.8) is 0 Å². The van der Waals surface area contributed by atoms with Crippen LogP contribution in [0.15, 0.2) is 30.3 Å². The highest BCUT2D eigenvalue weighted by molar-refractivity contribution is 5.61. The number of halogens is 1. The van der Waals surface area contributed by atoms with Crippen molar-refractivity contribution < 1.29 is 9.18 Å². The lowest BCUT2D eigenvalue weighted by atomic mass is 10.1. The number of rotatable bonds is 3. The molecule has 2 atom stereocenters. The van der Waals surface area contributed by atoms with E-state index in [0.717, 1.165) is 11.8 Å². The molecule has 2 nitrogen and oxygen atoms in total. The number of nitrogens with zero attached hydrogens (tertiary/aromatic N) is 1. The number of hydrogen-bond donors (Lipinski definition) is 0. The van der Waals surface area contributed by atoms with Gasteiger partial charge < -0.3 is 4.79 Å². The molecule has 0 aliphatic carbocycles. The lowest BCUT2D eigenvalue weighted by molar-refractivity contribution is -0.112. The molecule has 0 bridgehead atoms. The van der Waals surface area contributed by atoms with E-state index in [1.165, 1.54) is 0 Å². The van der Waals surface area contributed by atoms with Crippen LogP contribution in [-0.2, 0) is 4.79 Å². The zero-order valence-corrected chi connectivity index (χ0v) is 8.47. The maximum Gasteiger partial charge on any atom is 0.141 e. The smallest absolute Gasteiger partial charge is 0.141 e. The van der Waals surface area contributed by atoms with Gasteiger partial charge in [-0.25, -0.2) is 4.39 Å². The number of aldehydes is 1. The van der Waals surface area contributed by atoms with Crippen LogP contribution in [0.25, 0.3) is 0 Å². The average Bonchev–Trinajstić information content (AvgIpc) is 2.68. The zero-order chi connectivity index (χ0) is 10.7. The second-order valence-electron chi connectivity index (χ2n) is 3.87. The predicted molar refractivity (Wildman–Crippen MR) is 56.3 cm³/mol. The molecule has 3 heteroatoms. The molecule has 2 rings (SSSR count). The highest BCUT2D eigenvalue weighted by Crippen LogP contribution is 2.24. The second kappa shape index (κ2) is 4.53. The first-order valence-electron chi connectivity index (χ1n) is 5.19. The Morgan fingerprint density at radius 1 is 1.40 bits per heavy atom.